The largest absolute Gasteiger partial charge is 0.573 e. The number of hydrogen-bond acceptors (Lipinski definition) is 1. The van der Waals surface area contributed by atoms with Crippen molar-refractivity contribution in [3.63, 3.8) is 0 Å². The van der Waals surface area contributed by atoms with E-state index in [1.54, 1.807) is 0 Å². The van der Waals surface area contributed by atoms with Gasteiger partial charge in [-0.2, -0.15) is 11.1 Å². The Balaban J connectivity index is 1.78. The summed E-state index contributed by atoms with van der Waals surface area (Å²) in [5.41, 5.74) is 0.514. The van der Waals surface area contributed by atoms with Gasteiger partial charge in [0.05, 0.1) is 5.56 Å². The van der Waals surface area contributed by atoms with E-state index in [2.05, 4.69) is 11.7 Å². The van der Waals surface area contributed by atoms with Crippen LogP contribution >= 0.6 is 11.1 Å². The van der Waals surface area contributed by atoms with Crippen LogP contribution in [-0.4, -0.2) is 13.7 Å². The molecule has 1 aliphatic heterocycles. The minimum absolute atomic E-state index is 0.0758. The maximum Gasteiger partial charge on any atom is 0.573 e. The molecule has 2 aromatic rings. The fourth-order valence-corrected chi connectivity index (χ4v) is 8.69. The number of halogens is 6. The molecule has 1 heterocycles. The van der Waals surface area contributed by atoms with Crippen molar-refractivity contribution in [1.29, 1.82) is 0 Å². The van der Waals surface area contributed by atoms with Gasteiger partial charge >= 0.3 is 6.36 Å². The second-order valence-electron chi connectivity index (χ2n) is 7.61. The Morgan fingerprint density at radius 1 is 1.03 bits per heavy atom. The highest BCUT2D eigenvalue weighted by Gasteiger charge is 2.36. The summed E-state index contributed by atoms with van der Waals surface area (Å²) in [5, 5.41) is 0. The molecule has 0 bridgehead atoms. The second kappa shape index (κ2) is 8.64. The maximum absolute atomic E-state index is 14.7. The highest BCUT2D eigenvalue weighted by atomic mass is 35.6. The van der Waals surface area contributed by atoms with E-state index < -0.39 is 31.1 Å². The van der Waals surface area contributed by atoms with Crippen molar-refractivity contribution >= 4 is 18.5 Å². The van der Waals surface area contributed by atoms with Crippen LogP contribution in [0.3, 0.4) is 0 Å². The van der Waals surface area contributed by atoms with E-state index in [9.17, 15) is 22.0 Å². The molecule has 0 unspecified atom stereocenters. The number of hydrogen-bond donors (Lipinski definition) is 0. The smallest absolute Gasteiger partial charge is 0.406 e. The summed E-state index contributed by atoms with van der Waals surface area (Å²) in [6.45, 7) is 2.12. The van der Waals surface area contributed by atoms with Crippen molar-refractivity contribution in [1.82, 2.24) is 0 Å². The standard InChI is InChI=1S/C21H22ClF5OSi/c1-2-9-29(22)10-7-14(8-11-29)16-12-18(23)20(19(24)13-16)15-3-5-17(6-4-15)28-21(25,26)27/h3-6,12-14H,2,7-11H2,1H3. The minimum Gasteiger partial charge on any atom is -0.406 e. The Morgan fingerprint density at radius 3 is 2.07 bits per heavy atom. The number of ether oxygens (including phenoxy) is 1. The summed E-state index contributed by atoms with van der Waals surface area (Å²) in [6, 6.07) is 10.1. The molecule has 1 aliphatic rings. The summed E-state index contributed by atoms with van der Waals surface area (Å²) < 4.78 is 70.0. The SMILES string of the molecule is CCC[Si]1(Cl)CCC(c2cc(F)c(-c3ccc(OC(F)(F)F)cc3)c(F)c2)CC1. The van der Waals surface area contributed by atoms with Crippen LogP contribution in [0.25, 0.3) is 11.1 Å². The summed E-state index contributed by atoms with van der Waals surface area (Å²) in [6.07, 6.45) is -2.10. The molecule has 0 N–H and O–H groups in total. The average molecular weight is 449 g/mol. The van der Waals surface area contributed by atoms with Gasteiger partial charge in [-0.1, -0.05) is 25.5 Å². The van der Waals surface area contributed by atoms with Gasteiger partial charge in [0.15, 0.2) is 7.38 Å². The molecule has 0 spiro atoms. The lowest BCUT2D eigenvalue weighted by Gasteiger charge is -2.33. The van der Waals surface area contributed by atoms with Crippen molar-refractivity contribution in [2.45, 2.75) is 56.6 Å². The van der Waals surface area contributed by atoms with E-state index in [4.69, 9.17) is 11.1 Å². The third-order valence-electron chi connectivity index (χ3n) is 5.49. The number of benzene rings is 2. The molecular formula is C21H22ClF5OSi. The maximum atomic E-state index is 14.7. The average Bonchev–Trinajstić information content (AvgIpc) is 2.62. The van der Waals surface area contributed by atoms with E-state index in [0.29, 0.717) is 5.56 Å². The van der Waals surface area contributed by atoms with Crippen molar-refractivity contribution in [2.75, 3.05) is 0 Å². The summed E-state index contributed by atoms with van der Waals surface area (Å²) in [4.78, 5) is 0. The van der Waals surface area contributed by atoms with E-state index in [0.717, 1.165) is 49.5 Å². The monoisotopic (exact) mass is 448 g/mol. The molecule has 1 nitrogen and oxygen atoms in total. The fraction of sp³-hybridized carbons (Fsp3) is 0.429. The molecule has 3 rings (SSSR count). The summed E-state index contributed by atoms with van der Waals surface area (Å²) in [5.74, 6) is -1.82. The van der Waals surface area contributed by atoms with Gasteiger partial charge in [-0.05, 0) is 72.3 Å². The van der Waals surface area contributed by atoms with E-state index in [-0.39, 0.29) is 17.0 Å². The highest BCUT2D eigenvalue weighted by molar-refractivity contribution is 7.20. The van der Waals surface area contributed by atoms with Crippen LogP contribution in [-0.2, 0) is 0 Å². The summed E-state index contributed by atoms with van der Waals surface area (Å²) in [7, 11) is -1.73. The fourth-order valence-electron chi connectivity index (χ4n) is 4.09. The normalized spacial score (nSPS) is 22.5. The quantitative estimate of drug-likeness (QED) is 0.256. The van der Waals surface area contributed by atoms with Crippen molar-refractivity contribution < 1.29 is 26.7 Å². The first kappa shape index (κ1) is 22.1. The Hall–Kier alpha value is -1.60. The lowest BCUT2D eigenvalue weighted by molar-refractivity contribution is -0.274. The molecule has 1 fully saturated rings. The first-order valence-electron chi connectivity index (χ1n) is 9.64. The molecule has 0 aromatic heterocycles. The number of alkyl halides is 3. The van der Waals surface area contributed by atoms with Gasteiger partial charge in [-0.3, -0.25) is 0 Å². The van der Waals surface area contributed by atoms with Gasteiger partial charge in [0.25, 0.3) is 0 Å². The Morgan fingerprint density at radius 2 is 1.59 bits per heavy atom. The Bertz CT molecular complexity index is 822. The first-order valence-corrected chi connectivity index (χ1v) is 13.3. The van der Waals surface area contributed by atoms with Crippen LogP contribution in [0.4, 0.5) is 22.0 Å². The van der Waals surface area contributed by atoms with E-state index in [1.165, 1.54) is 24.3 Å². The molecule has 158 valence electrons. The Labute approximate surface area is 172 Å². The molecule has 0 amide bonds. The van der Waals surface area contributed by atoms with Gasteiger partial charge in [-0.15, -0.1) is 13.2 Å². The van der Waals surface area contributed by atoms with Crippen LogP contribution in [0.1, 0.15) is 37.7 Å². The topological polar surface area (TPSA) is 9.23 Å². The highest BCUT2D eigenvalue weighted by Crippen LogP contribution is 2.43. The van der Waals surface area contributed by atoms with Gasteiger partial charge < -0.3 is 4.74 Å². The molecule has 8 heteroatoms. The molecule has 0 atom stereocenters. The zero-order valence-corrected chi connectivity index (χ0v) is 17.7. The summed E-state index contributed by atoms with van der Waals surface area (Å²) >= 11 is 6.76. The van der Waals surface area contributed by atoms with Crippen LogP contribution in [0, 0.1) is 11.6 Å². The van der Waals surface area contributed by atoms with Gasteiger partial charge in [0, 0.05) is 0 Å². The van der Waals surface area contributed by atoms with Crippen LogP contribution in [0.2, 0.25) is 18.1 Å². The van der Waals surface area contributed by atoms with Crippen molar-refractivity contribution in [3.05, 3.63) is 53.6 Å². The lowest BCUT2D eigenvalue weighted by atomic mass is 9.91. The van der Waals surface area contributed by atoms with Crippen LogP contribution < -0.4 is 4.74 Å². The third-order valence-corrected chi connectivity index (χ3v) is 11.0. The van der Waals surface area contributed by atoms with Crippen molar-refractivity contribution in [2.24, 2.45) is 0 Å². The van der Waals surface area contributed by atoms with Gasteiger partial charge in [0.1, 0.15) is 17.4 Å². The molecule has 0 radical (unpaired) electrons. The zero-order valence-electron chi connectivity index (χ0n) is 16.0. The van der Waals surface area contributed by atoms with Crippen LogP contribution in [0.15, 0.2) is 36.4 Å². The van der Waals surface area contributed by atoms with Gasteiger partial charge in [-0.25, -0.2) is 8.78 Å². The lowest BCUT2D eigenvalue weighted by Crippen LogP contribution is -2.31. The number of rotatable bonds is 5. The zero-order chi connectivity index (χ0) is 21.2. The van der Waals surface area contributed by atoms with Crippen molar-refractivity contribution in [3.8, 4) is 16.9 Å². The molecule has 1 saturated heterocycles. The van der Waals surface area contributed by atoms with E-state index >= 15 is 0 Å². The molecular weight excluding hydrogens is 427 g/mol. The van der Waals surface area contributed by atoms with Crippen LogP contribution in [0.5, 0.6) is 5.75 Å². The molecule has 29 heavy (non-hydrogen) atoms. The molecule has 0 aliphatic carbocycles. The molecule has 0 saturated carbocycles. The minimum atomic E-state index is -4.82. The van der Waals surface area contributed by atoms with Gasteiger partial charge in [0.2, 0.25) is 0 Å². The predicted octanol–water partition coefficient (Wildman–Crippen LogP) is 8.00. The third kappa shape index (κ3) is 5.51. The van der Waals surface area contributed by atoms with E-state index in [1.807, 2.05) is 0 Å². The Kier molecular flexibility index (Phi) is 6.58. The second-order valence-corrected chi connectivity index (χ2v) is 13.8. The molecule has 2 aromatic carbocycles. The predicted molar refractivity (Wildman–Crippen MR) is 107 cm³/mol. The first-order chi connectivity index (χ1) is 13.6.